The highest BCUT2D eigenvalue weighted by atomic mass is 16.5. The Kier molecular flexibility index (Phi) is 1.57. The van der Waals surface area contributed by atoms with Crippen molar-refractivity contribution in [2.45, 2.75) is 0 Å². The normalized spacial score (nSPS) is 20.7. The monoisotopic (exact) mass is 142 g/mol. The van der Waals surface area contributed by atoms with Gasteiger partial charge in [-0.3, -0.25) is 10.1 Å². The lowest BCUT2D eigenvalue weighted by Crippen LogP contribution is -2.22. The van der Waals surface area contributed by atoms with E-state index in [4.69, 9.17) is 0 Å². The van der Waals surface area contributed by atoms with Crippen LogP contribution in [-0.4, -0.2) is 19.0 Å². The standard InChI is InChI=1S/C5H6N2O3/c1-10-2-3-4(8)7-5(9)6-3/h2H,1H3,(H2,6,7,8,9)/b3-2-. The van der Waals surface area contributed by atoms with Crippen LogP contribution in [0.1, 0.15) is 0 Å². The van der Waals surface area contributed by atoms with Gasteiger partial charge in [0.1, 0.15) is 12.0 Å². The lowest BCUT2D eigenvalue weighted by molar-refractivity contribution is -0.115. The van der Waals surface area contributed by atoms with Gasteiger partial charge in [-0.25, -0.2) is 4.79 Å². The van der Waals surface area contributed by atoms with E-state index >= 15 is 0 Å². The third-order valence-electron chi connectivity index (χ3n) is 0.956. The first-order valence-corrected chi connectivity index (χ1v) is 2.59. The zero-order valence-electron chi connectivity index (χ0n) is 5.30. The number of carbonyl (C=O) groups excluding carboxylic acids is 2. The van der Waals surface area contributed by atoms with E-state index < -0.39 is 11.9 Å². The minimum atomic E-state index is -0.520. The zero-order chi connectivity index (χ0) is 7.56. The molecule has 3 amide bonds. The van der Waals surface area contributed by atoms with Crippen LogP contribution < -0.4 is 10.6 Å². The molecule has 1 fully saturated rings. The summed E-state index contributed by atoms with van der Waals surface area (Å²) in [6.45, 7) is 0. The fourth-order valence-corrected chi connectivity index (χ4v) is 0.582. The van der Waals surface area contributed by atoms with Gasteiger partial charge in [0.25, 0.3) is 5.91 Å². The van der Waals surface area contributed by atoms with Crippen LogP contribution in [0.2, 0.25) is 0 Å². The third kappa shape index (κ3) is 1.07. The first kappa shape index (κ1) is 6.60. The van der Waals surface area contributed by atoms with Crippen molar-refractivity contribution in [3.05, 3.63) is 12.0 Å². The lowest BCUT2D eigenvalue weighted by atomic mass is 10.5. The second kappa shape index (κ2) is 2.38. The summed E-state index contributed by atoms with van der Waals surface area (Å²) in [6, 6.07) is -0.520. The minimum absolute atomic E-state index is 0.132. The summed E-state index contributed by atoms with van der Waals surface area (Å²) in [6.07, 6.45) is 1.17. The number of methoxy groups -OCH3 is 1. The second-order valence-corrected chi connectivity index (χ2v) is 1.68. The molecule has 1 heterocycles. The Balaban J connectivity index is 2.72. The molecule has 5 heteroatoms. The van der Waals surface area contributed by atoms with E-state index in [0.717, 1.165) is 0 Å². The van der Waals surface area contributed by atoms with Crippen molar-refractivity contribution in [2.24, 2.45) is 0 Å². The number of ether oxygens (including phenoxy) is 1. The molecule has 0 aromatic carbocycles. The topological polar surface area (TPSA) is 67.4 Å². The molecule has 1 aliphatic rings. The summed E-state index contributed by atoms with van der Waals surface area (Å²) in [4.78, 5) is 21.0. The molecular weight excluding hydrogens is 136 g/mol. The van der Waals surface area contributed by atoms with E-state index in [1.54, 1.807) is 0 Å². The molecular formula is C5H6N2O3. The van der Waals surface area contributed by atoms with Gasteiger partial charge < -0.3 is 10.1 Å². The number of imide groups is 1. The lowest BCUT2D eigenvalue weighted by Gasteiger charge is -1.90. The Morgan fingerprint density at radius 1 is 1.40 bits per heavy atom. The molecule has 0 aromatic rings. The quantitative estimate of drug-likeness (QED) is 0.289. The smallest absolute Gasteiger partial charge is 0.326 e. The number of urea groups is 1. The average Bonchev–Trinajstić information content (AvgIpc) is 2.13. The van der Waals surface area contributed by atoms with Crippen molar-refractivity contribution >= 4 is 11.9 Å². The number of nitrogens with one attached hydrogen (secondary N) is 2. The molecule has 10 heavy (non-hydrogen) atoms. The summed E-state index contributed by atoms with van der Waals surface area (Å²) in [5.74, 6) is -0.466. The molecule has 54 valence electrons. The average molecular weight is 142 g/mol. The van der Waals surface area contributed by atoms with Crippen molar-refractivity contribution in [3.8, 4) is 0 Å². The predicted molar refractivity (Wildman–Crippen MR) is 31.8 cm³/mol. The molecule has 5 nitrogen and oxygen atoms in total. The molecule has 0 unspecified atom stereocenters. The Bertz CT molecular complexity index is 209. The predicted octanol–water partition coefficient (Wildman–Crippen LogP) is -0.686. The van der Waals surface area contributed by atoms with Crippen molar-refractivity contribution in [1.29, 1.82) is 0 Å². The Morgan fingerprint density at radius 3 is 2.50 bits per heavy atom. The highest BCUT2D eigenvalue weighted by Gasteiger charge is 2.22. The van der Waals surface area contributed by atoms with Gasteiger partial charge in [-0.2, -0.15) is 0 Å². The maximum atomic E-state index is 10.6. The molecule has 0 spiro atoms. The molecule has 1 rings (SSSR count). The maximum Gasteiger partial charge on any atom is 0.326 e. The van der Waals surface area contributed by atoms with Gasteiger partial charge in [0.15, 0.2) is 0 Å². The molecule has 0 aliphatic carbocycles. The Morgan fingerprint density at radius 2 is 2.10 bits per heavy atom. The molecule has 0 bridgehead atoms. The summed E-state index contributed by atoms with van der Waals surface area (Å²) >= 11 is 0. The van der Waals surface area contributed by atoms with Crippen LogP contribution >= 0.6 is 0 Å². The SMILES string of the molecule is CO/C=C1\NC(=O)NC1=O. The van der Waals surface area contributed by atoms with Crippen LogP contribution in [0, 0.1) is 0 Å². The summed E-state index contributed by atoms with van der Waals surface area (Å²) < 4.78 is 4.51. The third-order valence-corrected chi connectivity index (χ3v) is 0.956. The molecule has 2 N–H and O–H groups in total. The first-order chi connectivity index (χ1) is 4.74. The van der Waals surface area contributed by atoms with Crippen LogP contribution in [0.3, 0.4) is 0 Å². The fraction of sp³-hybridized carbons (Fsp3) is 0.200. The van der Waals surface area contributed by atoms with Crippen LogP contribution in [0.4, 0.5) is 4.79 Å². The summed E-state index contributed by atoms with van der Waals surface area (Å²) in [5, 5.41) is 4.26. The van der Waals surface area contributed by atoms with Gasteiger partial charge in [0.2, 0.25) is 0 Å². The molecule has 0 atom stereocenters. The van der Waals surface area contributed by atoms with Crippen molar-refractivity contribution < 1.29 is 14.3 Å². The van der Waals surface area contributed by atoms with E-state index in [-0.39, 0.29) is 5.70 Å². The van der Waals surface area contributed by atoms with Crippen LogP contribution in [0.25, 0.3) is 0 Å². The number of rotatable bonds is 1. The Hall–Kier alpha value is -1.52. The van der Waals surface area contributed by atoms with E-state index in [9.17, 15) is 9.59 Å². The number of amides is 3. The van der Waals surface area contributed by atoms with E-state index in [1.807, 2.05) is 5.32 Å². The van der Waals surface area contributed by atoms with E-state index in [1.165, 1.54) is 13.4 Å². The Labute approximate surface area is 57.0 Å². The van der Waals surface area contributed by atoms with Gasteiger partial charge in [0.05, 0.1) is 7.11 Å². The van der Waals surface area contributed by atoms with Gasteiger partial charge in [-0.15, -0.1) is 0 Å². The van der Waals surface area contributed by atoms with Crippen molar-refractivity contribution in [3.63, 3.8) is 0 Å². The maximum absolute atomic E-state index is 10.6. The highest BCUT2D eigenvalue weighted by molar-refractivity contribution is 6.11. The second-order valence-electron chi connectivity index (χ2n) is 1.68. The first-order valence-electron chi connectivity index (χ1n) is 2.59. The van der Waals surface area contributed by atoms with Crippen LogP contribution in [-0.2, 0) is 9.53 Å². The van der Waals surface area contributed by atoms with E-state index in [2.05, 4.69) is 10.1 Å². The van der Waals surface area contributed by atoms with Crippen molar-refractivity contribution in [2.75, 3.05) is 7.11 Å². The largest absolute Gasteiger partial charge is 0.502 e. The summed E-state index contributed by atoms with van der Waals surface area (Å²) in [5.41, 5.74) is 0.132. The molecule has 1 aliphatic heterocycles. The van der Waals surface area contributed by atoms with E-state index in [0.29, 0.717) is 0 Å². The highest BCUT2D eigenvalue weighted by Crippen LogP contribution is 1.95. The molecule has 0 radical (unpaired) electrons. The van der Waals surface area contributed by atoms with Gasteiger partial charge in [-0.05, 0) is 0 Å². The van der Waals surface area contributed by atoms with Crippen molar-refractivity contribution in [1.82, 2.24) is 10.6 Å². The molecule has 1 saturated heterocycles. The van der Waals surface area contributed by atoms with Crippen LogP contribution in [0.15, 0.2) is 12.0 Å². The number of hydrogen-bond donors (Lipinski definition) is 2. The van der Waals surface area contributed by atoms with Gasteiger partial charge >= 0.3 is 6.03 Å². The summed E-state index contributed by atoms with van der Waals surface area (Å²) in [7, 11) is 1.39. The van der Waals surface area contributed by atoms with Gasteiger partial charge in [0, 0.05) is 0 Å². The molecule has 0 saturated carbocycles. The van der Waals surface area contributed by atoms with Gasteiger partial charge in [-0.1, -0.05) is 0 Å². The number of hydrogen-bond acceptors (Lipinski definition) is 3. The number of carbonyl (C=O) groups is 2. The molecule has 0 aromatic heterocycles. The fourth-order valence-electron chi connectivity index (χ4n) is 0.582. The zero-order valence-corrected chi connectivity index (χ0v) is 5.30. The van der Waals surface area contributed by atoms with Crippen LogP contribution in [0.5, 0.6) is 0 Å². The minimum Gasteiger partial charge on any atom is -0.502 e.